The van der Waals surface area contributed by atoms with Crippen molar-refractivity contribution >= 4 is 27.4 Å². The first-order chi connectivity index (χ1) is 16.1. The lowest BCUT2D eigenvalue weighted by molar-refractivity contribution is 0.0997. The summed E-state index contributed by atoms with van der Waals surface area (Å²) in [5.74, 6) is 0.424. The smallest absolute Gasteiger partial charge is 0.253 e. The van der Waals surface area contributed by atoms with Gasteiger partial charge < -0.3 is 20.3 Å². The van der Waals surface area contributed by atoms with E-state index in [1.165, 1.54) is 18.3 Å². The number of anilines is 2. The Morgan fingerprint density at radius 1 is 1.29 bits per heavy atom. The topological polar surface area (TPSA) is 119 Å². The average Bonchev–Trinajstić information content (AvgIpc) is 3.36. The quantitative estimate of drug-likeness (QED) is 0.633. The van der Waals surface area contributed by atoms with Gasteiger partial charge in [0.15, 0.2) is 5.03 Å². The lowest BCUT2D eigenvalue weighted by Gasteiger charge is -2.34. The highest BCUT2D eigenvalue weighted by Crippen LogP contribution is 2.39. The predicted molar refractivity (Wildman–Crippen MR) is 130 cm³/mol. The van der Waals surface area contributed by atoms with Crippen molar-refractivity contribution in [3.05, 3.63) is 36.0 Å². The van der Waals surface area contributed by atoms with Crippen LogP contribution >= 0.6 is 0 Å². The van der Waals surface area contributed by atoms with Gasteiger partial charge in [-0.2, -0.15) is 0 Å². The molecule has 1 amide bonds. The number of hydrogen-bond acceptors (Lipinski definition) is 8. The molecular weight excluding hydrogens is 454 g/mol. The molecule has 2 aliphatic rings. The van der Waals surface area contributed by atoms with Crippen molar-refractivity contribution in [2.45, 2.75) is 61.5 Å². The summed E-state index contributed by atoms with van der Waals surface area (Å²) in [6.07, 6.45) is 4.25. The van der Waals surface area contributed by atoms with Gasteiger partial charge in [0, 0.05) is 31.9 Å². The second kappa shape index (κ2) is 9.14. The van der Waals surface area contributed by atoms with Crippen LogP contribution in [0.1, 0.15) is 50.4 Å². The number of amides is 1. The number of primary amides is 1. The van der Waals surface area contributed by atoms with E-state index in [9.17, 15) is 13.2 Å². The highest BCUT2D eigenvalue weighted by atomic mass is 32.2. The first kappa shape index (κ1) is 24.4. The van der Waals surface area contributed by atoms with Gasteiger partial charge in [-0.3, -0.25) is 4.79 Å². The Kier molecular flexibility index (Phi) is 6.56. The molecule has 10 heteroatoms. The van der Waals surface area contributed by atoms with Crippen LogP contribution in [0.15, 0.2) is 40.4 Å². The van der Waals surface area contributed by atoms with Crippen molar-refractivity contribution in [1.82, 2.24) is 9.97 Å². The van der Waals surface area contributed by atoms with Gasteiger partial charge in [-0.1, -0.05) is 13.0 Å². The van der Waals surface area contributed by atoms with Crippen LogP contribution in [0.3, 0.4) is 0 Å². The van der Waals surface area contributed by atoms with Gasteiger partial charge in [-0.05, 0) is 57.2 Å². The summed E-state index contributed by atoms with van der Waals surface area (Å²) >= 11 is 0. The first-order valence-electron chi connectivity index (χ1n) is 11.6. The van der Waals surface area contributed by atoms with Crippen molar-refractivity contribution in [2.75, 3.05) is 36.6 Å². The maximum Gasteiger partial charge on any atom is 0.253 e. The van der Waals surface area contributed by atoms with Gasteiger partial charge in [0.2, 0.25) is 9.84 Å². The molecule has 0 aromatic carbocycles. The third kappa shape index (κ3) is 4.36. The third-order valence-corrected chi connectivity index (χ3v) is 8.47. The Hall–Kier alpha value is -2.72. The van der Waals surface area contributed by atoms with Crippen molar-refractivity contribution in [2.24, 2.45) is 11.7 Å². The zero-order valence-electron chi connectivity index (χ0n) is 20.2. The Morgan fingerprint density at radius 2 is 2.06 bits per heavy atom. The Balaban J connectivity index is 1.79. The first-order valence-corrected chi connectivity index (χ1v) is 13.1. The fourth-order valence-corrected chi connectivity index (χ4v) is 6.78. The van der Waals surface area contributed by atoms with E-state index >= 15 is 0 Å². The molecule has 2 aromatic rings. The Labute approximate surface area is 201 Å². The fourth-order valence-electron chi connectivity index (χ4n) is 5.38. The standard InChI is InChI=1S/C24H33N5O4S/c1-16-13-24(2,3)29(14-16)23-21(22(25)30)18(10-11-26-23)34(31,32)20-9-5-8-19(27-20)28-12-6-7-17(28)15-33-4/h5,8-11,16-17H,6-7,12-15H2,1-4H3,(H2,25,30)/t16?,17-/m0/s1. The number of hydrogen-bond donors (Lipinski definition) is 1. The van der Waals surface area contributed by atoms with Crippen LogP contribution < -0.4 is 15.5 Å². The minimum absolute atomic E-state index is 0.0877. The molecule has 4 heterocycles. The number of methoxy groups -OCH3 is 1. The average molecular weight is 488 g/mol. The molecule has 2 saturated heterocycles. The number of nitrogens with zero attached hydrogens (tertiary/aromatic N) is 4. The SMILES string of the molecule is COC[C@@H]1CCCN1c1cccc(S(=O)(=O)c2ccnc(N3CC(C)CC3(C)C)c2C(N)=O)n1. The van der Waals surface area contributed by atoms with E-state index in [-0.39, 0.29) is 27.1 Å². The second-order valence-corrected chi connectivity index (χ2v) is 11.8. The van der Waals surface area contributed by atoms with Gasteiger partial charge in [-0.25, -0.2) is 18.4 Å². The highest BCUT2D eigenvalue weighted by Gasteiger charge is 2.40. The summed E-state index contributed by atoms with van der Waals surface area (Å²) in [4.78, 5) is 25.4. The van der Waals surface area contributed by atoms with E-state index in [0.717, 1.165) is 25.8 Å². The summed E-state index contributed by atoms with van der Waals surface area (Å²) in [5, 5.41) is -0.123. The lowest BCUT2D eigenvalue weighted by atomic mass is 9.97. The van der Waals surface area contributed by atoms with Crippen molar-refractivity contribution in [3.63, 3.8) is 0 Å². The molecule has 34 heavy (non-hydrogen) atoms. The number of ether oxygens (including phenoxy) is 1. The van der Waals surface area contributed by atoms with E-state index in [2.05, 4.69) is 35.6 Å². The highest BCUT2D eigenvalue weighted by molar-refractivity contribution is 7.91. The zero-order chi connectivity index (χ0) is 24.7. The molecule has 184 valence electrons. The number of nitrogens with two attached hydrogens (primary N) is 1. The molecule has 0 bridgehead atoms. The molecular formula is C24H33N5O4S. The van der Waals surface area contributed by atoms with Crippen LogP contribution in [0.4, 0.5) is 11.6 Å². The molecule has 2 atom stereocenters. The molecule has 4 rings (SSSR count). The second-order valence-electron chi connectivity index (χ2n) is 9.89. The van der Waals surface area contributed by atoms with Crippen LogP contribution in [0, 0.1) is 5.92 Å². The van der Waals surface area contributed by atoms with E-state index in [4.69, 9.17) is 10.5 Å². The van der Waals surface area contributed by atoms with Gasteiger partial charge in [0.05, 0.1) is 17.5 Å². The zero-order valence-corrected chi connectivity index (χ0v) is 21.0. The summed E-state index contributed by atoms with van der Waals surface area (Å²) in [7, 11) is -2.48. The molecule has 0 radical (unpaired) electrons. The summed E-state index contributed by atoms with van der Waals surface area (Å²) < 4.78 is 32.9. The summed E-state index contributed by atoms with van der Waals surface area (Å²) in [6, 6.07) is 6.41. The molecule has 1 unspecified atom stereocenters. The lowest BCUT2D eigenvalue weighted by Crippen LogP contribution is -2.40. The van der Waals surface area contributed by atoms with Gasteiger partial charge in [0.25, 0.3) is 5.91 Å². The third-order valence-electron chi connectivity index (χ3n) is 6.77. The fraction of sp³-hybridized carbons (Fsp3) is 0.542. The maximum absolute atomic E-state index is 13.8. The Bertz CT molecular complexity index is 1180. The predicted octanol–water partition coefficient (Wildman–Crippen LogP) is 2.65. The van der Waals surface area contributed by atoms with Gasteiger partial charge in [-0.15, -0.1) is 0 Å². The van der Waals surface area contributed by atoms with Crippen LogP contribution in [0.5, 0.6) is 0 Å². The van der Waals surface area contributed by atoms with Crippen LogP contribution in [-0.4, -0.2) is 62.7 Å². The minimum Gasteiger partial charge on any atom is -0.383 e. The van der Waals surface area contributed by atoms with E-state index in [1.54, 1.807) is 19.2 Å². The number of aromatic nitrogens is 2. The van der Waals surface area contributed by atoms with E-state index in [1.807, 2.05) is 4.90 Å². The molecule has 0 spiro atoms. The van der Waals surface area contributed by atoms with Crippen LogP contribution in [0.2, 0.25) is 0 Å². The number of sulfone groups is 1. The molecule has 0 aliphatic carbocycles. The summed E-state index contributed by atoms with van der Waals surface area (Å²) in [6.45, 7) is 8.22. The molecule has 2 aliphatic heterocycles. The van der Waals surface area contributed by atoms with Crippen molar-refractivity contribution in [3.8, 4) is 0 Å². The molecule has 9 nitrogen and oxygen atoms in total. The largest absolute Gasteiger partial charge is 0.383 e. The molecule has 2 fully saturated rings. The van der Waals surface area contributed by atoms with E-state index < -0.39 is 15.7 Å². The van der Waals surface area contributed by atoms with Crippen LogP contribution in [0.25, 0.3) is 0 Å². The normalized spacial score (nSPS) is 22.4. The number of pyridine rings is 2. The van der Waals surface area contributed by atoms with Crippen molar-refractivity contribution in [1.29, 1.82) is 0 Å². The van der Waals surface area contributed by atoms with Gasteiger partial charge >= 0.3 is 0 Å². The van der Waals surface area contributed by atoms with Crippen LogP contribution in [-0.2, 0) is 14.6 Å². The summed E-state index contributed by atoms with van der Waals surface area (Å²) in [5.41, 5.74) is 5.37. The Morgan fingerprint density at radius 3 is 2.71 bits per heavy atom. The van der Waals surface area contributed by atoms with E-state index in [0.29, 0.717) is 30.7 Å². The van der Waals surface area contributed by atoms with Gasteiger partial charge in [0.1, 0.15) is 17.2 Å². The number of carbonyl (C=O) groups is 1. The molecule has 2 N–H and O–H groups in total. The number of rotatable bonds is 7. The number of carbonyl (C=O) groups excluding carboxylic acids is 1. The maximum atomic E-state index is 13.8. The molecule has 0 saturated carbocycles. The minimum atomic E-state index is -4.14. The van der Waals surface area contributed by atoms with Crippen molar-refractivity contribution < 1.29 is 17.9 Å². The molecule has 2 aromatic heterocycles. The monoisotopic (exact) mass is 487 g/mol.